The second-order valence-corrected chi connectivity index (χ2v) is 3.00. The van der Waals surface area contributed by atoms with Crippen LogP contribution in [0.15, 0.2) is 11.5 Å². The predicted octanol–water partition coefficient (Wildman–Crippen LogP) is 0.119. The summed E-state index contributed by atoms with van der Waals surface area (Å²) in [6, 6.07) is 0. The van der Waals surface area contributed by atoms with Crippen molar-refractivity contribution < 1.29 is 0 Å². The van der Waals surface area contributed by atoms with E-state index >= 15 is 0 Å². The van der Waals surface area contributed by atoms with Crippen LogP contribution < -0.4 is 5.73 Å². The molecule has 0 bridgehead atoms. The fourth-order valence-corrected chi connectivity index (χ4v) is 1.15. The topological polar surface area (TPSA) is 90.5 Å². The van der Waals surface area contributed by atoms with Gasteiger partial charge in [0.1, 0.15) is 6.33 Å². The van der Waals surface area contributed by atoms with Crippen molar-refractivity contribution in [1.82, 2.24) is 25.1 Å². The lowest BCUT2D eigenvalue weighted by Gasteiger charge is -1.97. The molecule has 2 heterocycles. The summed E-state index contributed by atoms with van der Waals surface area (Å²) in [6.07, 6.45) is 3.23. The normalized spacial score (nSPS) is 10.5. The van der Waals surface area contributed by atoms with Crippen LogP contribution in [0.5, 0.6) is 0 Å². The molecular weight excluding hydrogens is 188 g/mol. The molecule has 0 radical (unpaired) electrons. The molecule has 0 saturated heterocycles. The summed E-state index contributed by atoms with van der Waals surface area (Å²) >= 11 is 1.40. The highest BCUT2D eigenvalue weighted by atomic mass is 32.2. The number of nitrogen functional groups attached to an aromatic ring is 1. The van der Waals surface area contributed by atoms with E-state index in [1.165, 1.54) is 18.1 Å². The Balaban J connectivity index is 2.72. The molecule has 0 aliphatic heterocycles. The number of thioether (sulfide) groups is 1. The number of nitrogens with zero attached hydrogens (tertiary/aromatic N) is 5. The predicted molar refractivity (Wildman–Crippen MR) is 49.1 cm³/mol. The van der Waals surface area contributed by atoms with E-state index in [9.17, 15) is 0 Å². The molecule has 0 amide bonds. The van der Waals surface area contributed by atoms with E-state index in [-0.39, 0.29) is 0 Å². The first-order valence-electron chi connectivity index (χ1n) is 3.46. The van der Waals surface area contributed by atoms with Gasteiger partial charge in [0, 0.05) is 0 Å². The molecule has 0 fully saturated rings. The molecule has 0 aliphatic rings. The van der Waals surface area contributed by atoms with Crippen LogP contribution in [-0.4, -0.2) is 31.4 Å². The first kappa shape index (κ1) is 8.11. The maximum atomic E-state index is 5.55. The lowest BCUT2D eigenvalue weighted by Crippen LogP contribution is -1.99. The van der Waals surface area contributed by atoms with E-state index < -0.39 is 0 Å². The van der Waals surface area contributed by atoms with Crippen LogP contribution in [0.1, 0.15) is 0 Å². The zero-order valence-electron chi connectivity index (χ0n) is 6.80. The van der Waals surface area contributed by atoms with Gasteiger partial charge in [0.25, 0.3) is 0 Å². The fraction of sp³-hybridized carbons (Fsp3) is 0.167. The molecule has 13 heavy (non-hydrogen) atoms. The van der Waals surface area contributed by atoms with Gasteiger partial charge in [-0.2, -0.15) is 4.98 Å². The molecule has 2 aromatic rings. The molecule has 0 aromatic carbocycles. The van der Waals surface area contributed by atoms with Crippen LogP contribution in [0.3, 0.4) is 0 Å². The second kappa shape index (κ2) is 3.09. The first-order chi connectivity index (χ1) is 6.31. The van der Waals surface area contributed by atoms with Crippen molar-refractivity contribution >= 4 is 28.7 Å². The third-order valence-electron chi connectivity index (χ3n) is 1.45. The summed E-state index contributed by atoms with van der Waals surface area (Å²) in [5.41, 5.74) is 6.47. The molecule has 2 rings (SSSR count). The molecule has 0 unspecified atom stereocenters. The van der Waals surface area contributed by atoms with Crippen LogP contribution in [0.25, 0.3) is 11.2 Å². The van der Waals surface area contributed by atoms with E-state index in [0.717, 1.165) is 0 Å². The van der Waals surface area contributed by atoms with E-state index in [0.29, 0.717) is 22.1 Å². The van der Waals surface area contributed by atoms with Crippen LogP contribution in [-0.2, 0) is 0 Å². The second-order valence-electron chi connectivity index (χ2n) is 2.23. The quantitative estimate of drug-likeness (QED) is 0.644. The van der Waals surface area contributed by atoms with Crippen LogP contribution in [0, 0.1) is 0 Å². The Bertz CT molecular complexity index is 444. The minimum atomic E-state index is 0.303. The van der Waals surface area contributed by atoms with Gasteiger partial charge >= 0.3 is 0 Å². The minimum Gasteiger partial charge on any atom is -0.382 e. The average molecular weight is 194 g/mol. The number of hydrogen-bond donors (Lipinski definition) is 1. The van der Waals surface area contributed by atoms with Crippen molar-refractivity contribution in [2.45, 2.75) is 5.16 Å². The summed E-state index contributed by atoms with van der Waals surface area (Å²) in [5.74, 6) is 0.303. The number of hydrogen-bond acceptors (Lipinski definition) is 7. The van der Waals surface area contributed by atoms with Gasteiger partial charge < -0.3 is 5.73 Å². The average Bonchev–Trinajstić information content (AvgIpc) is 2.18. The first-order valence-corrected chi connectivity index (χ1v) is 4.68. The van der Waals surface area contributed by atoms with Crippen molar-refractivity contribution in [3.8, 4) is 0 Å². The summed E-state index contributed by atoms with van der Waals surface area (Å²) in [5, 5.41) is 8.27. The van der Waals surface area contributed by atoms with Gasteiger partial charge in [-0.15, -0.1) is 10.2 Å². The largest absolute Gasteiger partial charge is 0.382 e. The van der Waals surface area contributed by atoms with Crippen molar-refractivity contribution in [3.05, 3.63) is 6.33 Å². The highest BCUT2D eigenvalue weighted by Crippen LogP contribution is 2.13. The molecule has 7 heteroatoms. The van der Waals surface area contributed by atoms with Crippen molar-refractivity contribution in [2.75, 3.05) is 12.0 Å². The molecular formula is C6H6N6S. The summed E-state index contributed by atoms with van der Waals surface area (Å²) < 4.78 is 0. The van der Waals surface area contributed by atoms with Crippen molar-refractivity contribution in [1.29, 1.82) is 0 Å². The van der Waals surface area contributed by atoms with Crippen molar-refractivity contribution in [3.63, 3.8) is 0 Å². The van der Waals surface area contributed by atoms with Gasteiger partial charge in [-0.05, 0) is 6.26 Å². The Morgan fingerprint density at radius 3 is 2.92 bits per heavy atom. The number of anilines is 1. The molecule has 2 N–H and O–H groups in total. The molecule has 0 atom stereocenters. The third-order valence-corrected chi connectivity index (χ3v) is 1.99. The maximum Gasteiger partial charge on any atom is 0.210 e. The molecule has 6 nitrogen and oxygen atoms in total. The maximum absolute atomic E-state index is 5.55. The number of nitrogens with two attached hydrogens (primary N) is 1. The van der Waals surface area contributed by atoms with E-state index in [4.69, 9.17) is 5.73 Å². The minimum absolute atomic E-state index is 0.303. The molecule has 0 aliphatic carbocycles. The zero-order valence-corrected chi connectivity index (χ0v) is 7.62. The Morgan fingerprint density at radius 1 is 1.31 bits per heavy atom. The standard InChI is InChI=1S/C6H6N6S/c1-13-6-10-5-3(11-12-6)4(7)8-2-9-5/h2H,1H3,(H2,7,8,9,10,12). The van der Waals surface area contributed by atoms with Gasteiger partial charge in [-0.25, -0.2) is 9.97 Å². The molecule has 0 saturated carbocycles. The van der Waals surface area contributed by atoms with Crippen LogP contribution in [0.2, 0.25) is 0 Å². The fourth-order valence-electron chi connectivity index (χ4n) is 0.853. The number of fused-ring (bicyclic) bond motifs is 1. The van der Waals surface area contributed by atoms with Crippen molar-refractivity contribution in [2.24, 2.45) is 0 Å². The highest BCUT2D eigenvalue weighted by molar-refractivity contribution is 7.98. The van der Waals surface area contributed by atoms with Crippen LogP contribution >= 0.6 is 11.8 Å². The Labute approximate surface area is 78.0 Å². The summed E-state index contributed by atoms with van der Waals surface area (Å²) in [7, 11) is 0. The van der Waals surface area contributed by atoms with E-state index in [1.807, 2.05) is 6.26 Å². The Hall–Kier alpha value is -1.50. The monoisotopic (exact) mass is 194 g/mol. The van der Waals surface area contributed by atoms with Gasteiger partial charge in [-0.3, -0.25) is 0 Å². The van der Waals surface area contributed by atoms with E-state index in [2.05, 4.69) is 25.1 Å². The van der Waals surface area contributed by atoms with Crippen LogP contribution in [0.4, 0.5) is 5.82 Å². The van der Waals surface area contributed by atoms with Gasteiger partial charge in [-0.1, -0.05) is 11.8 Å². The molecule has 0 spiro atoms. The SMILES string of the molecule is CSc1nnc2c(N)ncnc2n1. The number of aromatic nitrogens is 5. The lowest BCUT2D eigenvalue weighted by atomic mass is 10.5. The van der Waals surface area contributed by atoms with Gasteiger partial charge in [0.05, 0.1) is 0 Å². The zero-order chi connectivity index (χ0) is 9.26. The Morgan fingerprint density at radius 2 is 2.15 bits per heavy atom. The molecule has 2 aromatic heterocycles. The lowest BCUT2D eigenvalue weighted by molar-refractivity contribution is 0.870. The van der Waals surface area contributed by atoms with Gasteiger partial charge in [0.15, 0.2) is 17.0 Å². The van der Waals surface area contributed by atoms with E-state index in [1.54, 1.807) is 0 Å². The Kier molecular flexibility index (Phi) is 1.93. The smallest absolute Gasteiger partial charge is 0.210 e. The summed E-state index contributed by atoms with van der Waals surface area (Å²) in [4.78, 5) is 11.8. The third kappa shape index (κ3) is 1.37. The summed E-state index contributed by atoms with van der Waals surface area (Å²) in [6.45, 7) is 0. The highest BCUT2D eigenvalue weighted by Gasteiger charge is 2.04. The molecule has 66 valence electrons. The number of rotatable bonds is 1. The van der Waals surface area contributed by atoms with Gasteiger partial charge in [0.2, 0.25) is 5.16 Å².